The molecule has 1 aromatic carbocycles. The van der Waals surface area contributed by atoms with Crippen LogP contribution in [-0.4, -0.2) is 65.9 Å². The van der Waals surface area contributed by atoms with Gasteiger partial charge in [-0.05, 0) is 37.1 Å². The molecule has 0 aliphatic rings. The monoisotopic (exact) mass is 453 g/mol. The highest BCUT2D eigenvalue weighted by molar-refractivity contribution is 7.90. The van der Waals surface area contributed by atoms with E-state index >= 15 is 0 Å². The van der Waals surface area contributed by atoms with Crippen LogP contribution in [0.25, 0.3) is 0 Å². The zero-order valence-corrected chi connectivity index (χ0v) is 18.8. The fourth-order valence-corrected chi connectivity index (χ4v) is 4.34. The molecular weight excluding hydrogens is 426 g/mol. The van der Waals surface area contributed by atoms with Gasteiger partial charge in [0.1, 0.15) is 17.0 Å². The fourth-order valence-electron chi connectivity index (χ4n) is 2.89. The van der Waals surface area contributed by atoms with E-state index in [2.05, 4.69) is 15.8 Å². The number of nitrogens with zero attached hydrogens (tertiary/aromatic N) is 1. The van der Waals surface area contributed by atoms with Crippen LogP contribution in [0.1, 0.15) is 37.7 Å². The molecule has 0 fully saturated rings. The van der Waals surface area contributed by atoms with Gasteiger partial charge in [-0.25, -0.2) is 8.42 Å². The summed E-state index contributed by atoms with van der Waals surface area (Å²) >= 11 is 0. The summed E-state index contributed by atoms with van der Waals surface area (Å²) in [5, 5.41) is 8.83. The number of aromatic nitrogens is 1. The third-order valence-corrected chi connectivity index (χ3v) is 5.87. The maximum absolute atomic E-state index is 13.0. The lowest BCUT2D eigenvalue weighted by Crippen LogP contribution is -2.32. The highest BCUT2D eigenvalue weighted by atomic mass is 32.2. The Bertz CT molecular complexity index is 1010. The molecule has 1 heterocycles. The second-order valence-electron chi connectivity index (χ2n) is 6.91. The Hall–Kier alpha value is -2.76. The van der Waals surface area contributed by atoms with Gasteiger partial charge in [-0.15, -0.1) is 0 Å². The number of sulfone groups is 1. The SMILES string of the molecule is COCCNC(=O)c1onc(CS(=O)(=O)c2cc(C)cc(C)c2)c1C(=O)NCCOC. The Morgan fingerprint density at radius 2 is 1.52 bits per heavy atom. The molecule has 0 aliphatic heterocycles. The average molecular weight is 454 g/mol. The number of amides is 2. The van der Waals surface area contributed by atoms with Gasteiger partial charge in [-0.2, -0.15) is 0 Å². The second-order valence-corrected chi connectivity index (χ2v) is 8.90. The molecular formula is C20H27N3O7S. The first-order chi connectivity index (χ1) is 14.7. The summed E-state index contributed by atoms with van der Waals surface area (Å²) < 4.78 is 40.8. The normalized spacial score (nSPS) is 11.4. The van der Waals surface area contributed by atoms with E-state index in [1.54, 1.807) is 26.0 Å². The molecule has 0 saturated carbocycles. The van der Waals surface area contributed by atoms with Crippen LogP contribution in [-0.2, 0) is 25.1 Å². The van der Waals surface area contributed by atoms with E-state index in [4.69, 9.17) is 14.0 Å². The number of ether oxygens (including phenoxy) is 2. The van der Waals surface area contributed by atoms with Crippen LogP contribution in [0.5, 0.6) is 0 Å². The Labute approximate surface area is 181 Å². The van der Waals surface area contributed by atoms with E-state index in [1.165, 1.54) is 14.2 Å². The zero-order chi connectivity index (χ0) is 23.0. The lowest BCUT2D eigenvalue weighted by atomic mass is 10.1. The van der Waals surface area contributed by atoms with Gasteiger partial charge < -0.3 is 24.6 Å². The molecule has 2 amide bonds. The quantitative estimate of drug-likeness (QED) is 0.481. The van der Waals surface area contributed by atoms with E-state index in [-0.39, 0.29) is 48.2 Å². The van der Waals surface area contributed by atoms with Crippen LogP contribution >= 0.6 is 0 Å². The maximum Gasteiger partial charge on any atom is 0.290 e. The number of aryl methyl sites for hydroxylation is 2. The van der Waals surface area contributed by atoms with Gasteiger partial charge in [0.15, 0.2) is 9.84 Å². The fraction of sp³-hybridized carbons (Fsp3) is 0.450. The predicted molar refractivity (Wildman–Crippen MR) is 112 cm³/mol. The lowest BCUT2D eigenvalue weighted by molar-refractivity contribution is 0.0876. The average Bonchev–Trinajstić information content (AvgIpc) is 3.10. The van der Waals surface area contributed by atoms with Crippen molar-refractivity contribution in [1.29, 1.82) is 0 Å². The van der Waals surface area contributed by atoms with Gasteiger partial charge in [0.05, 0.1) is 18.1 Å². The van der Waals surface area contributed by atoms with E-state index in [1.807, 2.05) is 6.07 Å². The predicted octanol–water partition coefficient (Wildman–Crippen LogP) is 1.02. The largest absolute Gasteiger partial charge is 0.383 e. The van der Waals surface area contributed by atoms with Crippen LogP contribution in [0.15, 0.2) is 27.6 Å². The third-order valence-electron chi connectivity index (χ3n) is 4.26. The van der Waals surface area contributed by atoms with E-state index in [0.29, 0.717) is 0 Å². The van der Waals surface area contributed by atoms with Gasteiger partial charge in [0, 0.05) is 27.3 Å². The number of rotatable bonds is 11. The molecule has 1 aromatic heterocycles. The van der Waals surface area contributed by atoms with Crippen molar-refractivity contribution in [2.45, 2.75) is 24.5 Å². The third kappa shape index (κ3) is 6.61. The van der Waals surface area contributed by atoms with Gasteiger partial charge in [0.2, 0.25) is 5.76 Å². The smallest absolute Gasteiger partial charge is 0.290 e. The van der Waals surface area contributed by atoms with Gasteiger partial charge >= 0.3 is 0 Å². The summed E-state index contributed by atoms with van der Waals surface area (Å²) in [4.78, 5) is 25.3. The van der Waals surface area contributed by atoms with Gasteiger partial charge in [-0.3, -0.25) is 9.59 Å². The molecule has 0 bridgehead atoms. The van der Waals surface area contributed by atoms with Crippen LogP contribution < -0.4 is 10.6 Å². The number of nitrogens with one attached hydrogen (secondary N) is 2. The number of hydrogen-bond donors (Lipinski definition) is 2. The minimum Gasteiger partial charge on any atom is -0.383 e. The molecule has 2 aromatic rings. The maximum atomic E-state index is 13.0. The molecule has 170 valence electrons. The number of methoxy groups -OCH3 is 2. The first kappa shape index (κ1) is 24.5. The molecule has 0 atom stereocenters. The van der Waals surface area contributed by atoms with Crippen molar-refractivity contribution in [1.82, 2.24) is 15.8 Å². The number of carbonyl (C=O) groups excluding carboxylic acids is 2. The highest BCUT2D eigenvalue weighted by Crippen LogP contribution is 2.23. The molecule has 0 unspecified atom stereocenters. The second kappa shape index (κ2) is 11.0. The number of hydrogen-bond acceptors (Lipinski definition) is 8. The van der Waals surface area contributed by atoms with Crippen LogP contribution in [0.4, 0.5) is 0 Å². The zero-order valence-electron chi connectivity index (χ0n) is 18.0. The minimum atomic E-state index is -3.85. The topological polar surface area (TPSA) is 137 Å². The van der Waals surface area contributed by atoms with Gasteiger partial charge in [-0.1, -0.05) is 11.2 Å². The first-order valence-corrected chi connectivity index (χ1v) is 11.2. The Morgan fingerprint density at radius 3 is 2.06 bits per heavy atom. The summed E-state index contributed by atoms with van der Waals surface area (Å²) in [5.74, 6) is -2.34. The molecule has 10 nitrogen and oxygen atoms in total. The Morgan fingerprint density at radius 1 is 0.968 bits per heavy atom. The summed E-state index contributed by atoms with van der Waals surface area (Å²) in [6.07, 6.45) is 0. The molecule has 0 aliphatic carbocycles. The summed E-state index contributed by atoms with van der Waals surface area (Å²) in [6.45, 7) is 4.41. The van der Waals surface area contributed by atoms with Crippen LogP contribution in [0.2, 0.25) is 0 Å². The number of benzene rings is 1. The lowest BCUT2D eigenvalue weighted by Gasteiger charge is -2.08. The Balaban J connectivity index is 2.39. The van der Waals surface area contributed by atoms with Crippen molar-refractivity contribution in [3.8, 4) is 0 Å². The summed E-state index contributed by atoms with van der Waals surface area (Å²) in [6, 6.07) is 4.94. The van der Waals surface area contributed by atoms with Crippen LogP contribution in [0, 0.1) is 13.8 Å². The van der Waals surface area contributed by atoms with Crippen molar-refractivity contribution < 1.29 is 32.0 Å². The van der Waals surface area contributed by atoms with Gasteiger partial charge in [0.25, 0.3) is 11.8 Å². The Kier molecular flexibility index (Phi) is 8.72. The van der Waals surface area contributed by atoms with E-state index < -0.39 is 27.4 Å². The van der Waals surface area contributed by atoms with E-state index in [0.717, 1.165) is 11.1 Å². The highest BCUT2D eigenvalue weighted by Gasteiger charge is 2.30. The standard InChI is InChI=1S/C20H27N3O7S/c1-13-9-14(2)11-15(10-13)31(26,27)12-16-17(19(24)21-5-7-28-3)18(30-23-16)20(25)22-6-8-29-4/h9-11H,5-8,12H2,1-4H3,(H,21,24)(H,22,25). The molecule has 0 spiro atoms. The molecule has 2 rings (SSSR count). The first-order valence-electron chi connectivity index (χ1n) is 9.53. The molecule has 0 saturated heterocycles. The summed E-state index contributed by atoms with van der Waals surface area (Å²) in [7, 11) is -0.900. The van der Waals surface area contributed by atoms with Crippen molar-refractivity contribution >= 4 is 21.7 Å². The number of carbonyl (C=O) groups is 2. The van der Waals surface area contributed by atoms with Crippen molar-refractivity contribution in [2.75, 3.05) is 40.5 Å². The van der Waals surface area contributed by atoms with Crippen LogP contribution in [0.3, 0.4) is 0 Å². The minimum absolute atomic E-state index is 0.102. The van der Waals surface area contributed by atoms with Crippen molar-refractivity contribution in [2.24, 2.45) is 0 Å². The summed E-state index contributed by atoms with van der Waals surface area (Å²) in [5.41, 5.74) is 1.20. The molecule has 11 heteroatoms. The van der Waals surface area contributed by atoms with Crippen molar-refractivity contribution in [3.63, 3.8) is 0 Å². The molecule has 0 radical (unpaired) electrons. The molecule has 31 heavy (non-hydrogen) atoms. The van der Waals surface area contributed by atoms with E-state index in [9.17, 15) is 18.0 Å². The van der Waals surface area contributed by atoms with Crippen molar-refractivity contribution in [3.05, 3.63) is 46.3 Å². The molecule has 2 N–H and O–H groups in total.